The predicted octanol–water partition coefficient (Wildman–Crippen LogP) is 7.62. The second-order valence-electron chi connectivity index (χ2n) is 9.67. The molecule has 2 fully saturated rings. The lowest BCUT2D eigenvalue weighted by atomic mass is 9.61. The summed E-state index contributed by atoms with van der Waals surface area (Å²) in [5, 5.41) is 0. The average Bonchev–Trinajstić information content (AvgIpc) is 2.71. The summed E-state index contributed by atoms with van der Waals surface area (Å²) in [4.78, 5) is 0. The Balaban J connectivity index is 1.34. The summed E-state index contributed by atoms with van der Waals surface area (Å²) in [5.74, 6) is 5.03. The Bertz CT molecular complexity index is 667. The largest absolute Gasteiger partial charge is 0.103 e. The first-order chi connectivity index (χ1) is 13.3. The molecule has 0 saturated heterocycles. The van der Waals surface area contributed by atoms with Gasteiger partial charge in [0, 0.05) is 0 Å². The molecule has 146 valence electrons. The van der Waals surface area contributed by atoms with Crippen LogP contribution in [0, 0.1) is 29.6 Å². The van der Waals surface area contributed by atoms with Gasteiger partial charge in [-0.1, -0.05) is 42.8 Å². The zero-order chi connectivity index (χ0) is 18.6. The van der Waals surface area contributed by atoms with Crippen molar-refractivity contribution >= 4 is 6.08 Å². The molecule has 3 aliphatic carbocycles. The van der Waals surface area contributed by atoms with Gasteiger partial charge < -0.3 is 0 Å². The van der Waals surface area contributed by atoms with Crippen LogP contribution in [-0.2, 0) is 12.8 Å². The number of hydrogen-bond acceptors (Lipinski definition) is 0. The van der Waals surface area contributed by atoms with Gasteiger partial charge in [0.15, 0.2) is 0 Å². The first kappa shape index (κ1) is 19.0. The van der Waals surface area contributed by atoms with E-state index in [0.29, 0.717) is 0 Å². The highest BCUT2D eigenvalue weighted by Gasteiger charge is 2.38. The fourth-order valence-corrected chi connectivity index (χ4v) is 6.57. The Kier molecular flexibility index (Phi) is 6.21. The molecule has 4 rings (SSSR count). The van der Waals surface area contributed by atoms with E-state index in [4.69, 9.17) is 0 Å². The molecule has 27 heavy (non-hydrogen) atoms. The van der Waals surface area contributed by atoms with Crippen molar-refractivity contribution in [3.63, 3.8) is 0 Å². The van der Waals surface area contributed by atoms with Crippen molar-refractivity contribution in [2.45, 2.75) is 77.6 Å². The molecule has 2 saturated carbocycles. The molecule has 1 aromatic carbocycles. The lowest BCUT2D eigenvalue weighted by molar-refractivity contribution is 0.0699. The maximum Gasteiger partial charge on any atom is -0.0245 e. The Morgan fingerprint density at radius 3 is 2.52 bits per heavy atom. The van der Waals surface area contributed by atoms with Crippen molar-refractivity contribution in [2.24, 2.45) is 29.6 Å². The highest BCUT2D eigenvalue weighted by molar-refractivity contribution is 5.52. The topological polar surface area (TPSA) is 0 Å². The molecule has 0 bridgehead atoms. The van der Waals surface area contributed by atoms with Crippen LogP contribution in [0.1, 0.15) is 81.4 Å². The van der Waals surface area contributed by atoms with Crippen LogP contribution in [0.25, 0.3) is 6.08 Å². The minimum atomic E-state index is 0.949. The number of benzene rings is 1. The van der Waals surface area contributed by atoms with Crippen LogP contribution in [0.15, 0.2) is 36.9 Å². The molecular weight excluding hydrogens is 324 g/mol. The third-order valence-corrected chi connectivity index (χ3v) is 8.06. The summed E-state index contributed by atoms with van der Waals surface area (Å²) in [7, 11) is 0. The predicted molar refractivity (Wildman–Crippen MR) is 118 cm³/mol. The summed E-state index contributed by atoms with van der Waals surface area (Å²) >= 11 is 0. The minimum absolute atomic E-state index is 0.949. The Morgan fingerprint density at radius 1 is 0.926 bits per heavy atom. The van der Waals surface area contributed by atoms with E-state index in [9.17, 15) is 0 Å². The van der Waals surface area contributed by atoms with Crippen LogP contribution in [0.5, 0.6) is 0 Å². The van der Waals surface area contributed by atoms with Crippen LogP contribution < -0.4 is 0 Å². The molecule has 1 aromatic rings. The molecular formula is C27H38. The van der Waals surface area contributed by atoms with Gasteiger partial charge in [-0.3, -0.25) is 0 Å². The van der Waals surface area contributed by atoms with Gasteiger partial charge in [-0.05, 0) is 117 Å². The fraction of sp³-hybridized carbons (Fsp3) is 0.630. The van der Waals surface area contributed by atoms with Crippen molar-refractivity contribution in [3.05, 3.63) is 53.6 Å². The van der Waals surface area contributed by atoms with Crippen molar-refractivity contribution < 1.29 is 0 Å². The average molecular weight is 363 g/mol. The van der Waals surface area contributed by atoms with Crippen molar-refractivity contribution in [1.82, 2.24) is 0 Å². The zero-order valence-electron chi connectivity index (χ0n) is 17.3. The van der Waals surface area contributed by atoms with E-state index < -0.39 is 0 Å². The molecule has 3 unspecified atom stereocenters. The number of aryl methyl sites for hydroxylation is 1. The molecule has 0 radical (unpaired) electrons. The summed E-state index contributed by atoms with van der Waals surface area (Å²) in [6, 6.07) is 7.18. The molecule has 0 spiro atoms. The molecule has 0 heterocycles. The number of rotatable bonds is 5. The Labute approximate surface area is 167 Å². The molecule has 0 aromatic heterocycles. The summed E-state index contributed by atoms with van der Waals surface area (Å²) < 4.78 is 0. The minimum Gasteiger partial charge on any atom is -0.103 e. The van der Waals surface area contributed by atoms with E-state index >= 15 is 0 Å². The number of hydrogen-bond donors (Lipinski definition) is 0. The molecule has 0 nitrogen and oxygen atoms in total. The van der Waals surface area contributed by atoms with E-state index in [1.165, 1.54) is 76.2 Å². The maximum absolute atomic E-state index is 3.91. The van der Waals surface area contributed by atoms with Gasteiger partial charge in [-0.25, -0.2) is 0 Å². The van der Waals surface area contributed by atoms with E-state index in [1.807, 2.05) is 0 Å². The van der Waals surface area contributed by atoms with Crippen molar-refractivity contribution in [1.29, 1.82) is 0 Å². The second kappa shape index (κ2) is 8.80. The van der Waals surface area contributed by atoms with E-state index in [0.717, 1.165) is 29.6 Å². The van der Waals surface area contributed by atoms with Crippen LogP contribution in [0.2, 0.25) is 0 Å². The van der Waals surface area contributed by atoms with Gasteiger partial charge in [0.05, 0.1) is 0 Å². The van der Waals surface area contributed by atoms with Crippen LogP contribution >= 0.6 is 0 Å². The molecule has 0 amide bonds. The highest BCUT2D eigenvalue weighted by Crippen LogP contribution is 2.49. The van der Waals surface area contributed by atoms with Crippen LogP contribution in [0.3, 0.4) is 0 Å². The molecule has 3 aliphatic rings. The quantitative estimate of drug-likeness (QED) is 0.472. The van der Waals surface area contributed by atoms with Gasteiger partial charge in [0.1, 0.15) is 0 Å². The van der Waals surface area contributed by atoms with Crippen molar-refractivity contribution in [2.75, 3.05) is 0 Å². The first-order valence-corrected chi connectivity index (χ1v) is 11.6. The van der Waals surface area contributed by atoms with Gasteiger partial charge in [-0.2, -0.15) is 0 Å². The third-order valence-electron chi connectivity index (χ3n) is 8.06. The zero-order valence-corrected chi connectivity index (χ0v) is 17.3. The third kappa shape index (κ3) is 4.41. The standard InChI is InChI=1S/C27H38/c1-3-5-7-21-9-11-25-19-27(15-13-23(25)17-21)26-14-12-22-16-20(6-4-2)8-10-24(22)18-26/h3-4,6,8,10,16,21,23,25-27H,1,5,7,9,11-15,17-19H2,2H3/b6-4+/t21-,23?,25-,26?,27?/m1/s1. The normalized spacial score (nSPS) is 33.4. The smallest absolute Gasteiger partial charge is 0.0245 e. The van der Waals surface area contributed by atoms with Crippen LogP contribution in [-0.4, -0.2) is 0 Å². The molecule has 0 aliphatic heterocycles. The van der Waals surface area contributed by atoms with E-state index in [-0.39, 0.29) is 0 Å². The molecule has 5 atom stereocenters. The van der Waals surface area contributed by atoms with Crippen LogP contribution in [0.4, 0.5) is 0 Å². The highest BCUT2D eigenvalue weighted by atomic mass is 14.4. The lowest BCUT2D eigenvalue weighted by Gasteiger charge is -2.45. The maximum atomic E-state index is 3.91. The first-order valence-electron chi connectivity index (χ1n) is 11.6. The monoisotopic (exact) mass is 362 g/mol. The number of allylic oxidation sites excluding steroid dienone is 2. The van der Waals surface area contributed by atoms with E-state index in [2.05, 4.69) is 49.9 Å². The Morgan fingerprint density at radius 2 is 1.70 bits per heavy atom. The van der Waals surface area contributed by atoms with Gasteiger partial charge >= 0.3 is 0 Å². The summed E-state index contributed by atoms with van der Waals surface area (Å²) in [6.45, 7) is 6.02. The SMILES string of the molecule is C=CCC[C@@H]1CC[C@@H]2CC(C3CCc4cc(/C=C/C)ccc4C3)CCC2C1. The second-order valence-corrected chi connectivity index (χ2v) is 9.67. The fourth-order valence-electron chi connectivity index (χ4n) is 6.57. The summed E-state index contributed by atoms with van der Waals surface area (Å²) in [5.41, 5.74) is 4.65. The molecule has 0 heteroatoms. The number of fused-ring (bicyclic) bond motifs is 2. The summed E-state index contributed by atoms with van der Waals surface area (Å²) in [6.07, 6.45) is 22.3. The lowest BCUT2D eigenvalue weighted by Crippen LogP contribution is -2.35. The molecule has 0 N–H and O–H groups in total. The van der Waals surface area contributed by atoms with E-state index in [1.54, 1.807) is 11.1 Å². The van der Waals surface area contributed by atoms with Gasteiger partial charge in [0.2, 0.25) is 0 Å². The Hall–Kier alpha value is -1.30. The van der Waals surface area contributed by atoms with Gasteiger partial charge in [0.25, 0.3) is 0 Å². The van der Waals surface area contributed by atoms with Crippen molar-refractivity contribution in [3.8, 4) is 0 Å². The van der Waals surface area contributed by atoms with Gasteiger partial charge in [-0.15, -0.1) is 6.58 Å².